The van der Waals surface area contributed by atoms with E-state index in [2.05, 4.69) is 10.6 Å². The second-order valence-corrected chi connectivity index (χ2v) is 8.09. The van der Waals surface area contributed by atoms with Gasteiger partial charge >= 0.3 is 5.97 Å². The minimum atomic E-state index is -1.13. The summed E-state index contributed by atoms with van der Waals surface area (Å²) in [4.78, 5) is 61.8. The topological polar surface area (TPSA) is 119 Å². The van der Waals surface area contributed by atoms with Crippen LogP contribution in [0.15, 0.2) is 30.3 Å². The fourth-order valence-electron chi connectivity index (χ4n) is 3.68. The normalized spacial score (nSPS) is 17.7. The fourth-order valence-corrected chi connectivity index (χ4v) is 3.68. The quantitative estimate of drug-likeness (QED) is 0.398. The molecule has 2 rings (SSSR count). The zero-order valence-electron chi connectivity index (χ0n) is 18.7. The molecule has 2 amide bonds. The average molecular weight is 445 g/mol. The van der Waals surface area contributed by atoms with E-state index in [-0.39, 0.29) is 18.6 Å². The average Bonchev–Trinajstić information content (AvgIpc) is 2.77. The molecule has 1 aromatic rings. The Morgan fingerprint density at radius 3 is 2.47 bits per heavy atom. The van der Waals surface area contributed by atoms with Crippen LogP contribution in [0.1, 0.15) is 64.4 Å². The highest BCUT2D eigenvalue weighted by molar-refractivity contribution is 6.38. The summed E-state index contributed by atoms with van der Waals surface area (Å²) in [5.41, 5.74) is 0.791. The molecule has 0 heterocycles. The van der Waals surface area contributed by atoms with Gasteiger partial charge in [-0.2, -0.15) is 0 Å². The highest BCUT2D eigenvalue weighted by Crippen LogP contribution is 2.15. The van der Waals surface area contributed by atoms with Crippen molar-refractivity contribution in [3.8, 4) is 0 Å². The van der Waals surface area contributed by atoms with E-state index in [1.165, 1.54) is 6.92 Å². The lowest BCUT2D eigenvalue weighted by Crippen LogP contribution is -2.53. The van der Waals surface area contributed by atoms with Crippen molar-refractivity contribution in [2.75, 3.05) is 0 Å². The number of ketones is 2. The molecule has 0 radical (unpaired) electrons. The molecule has 1 fully saturated rings. The van der Waals surface area contributed by atoms with Gasteiger partial charge in [-0.25, -0.2) is 0 Å². The highest BCUT2D eigenvalue weighted by atomic mass is 16.5. The molecule has 1 aliphatic rings. The van der Waals surface area contributed by atoms with Crippen molar-refractivity contribution in [1.82, 2.24) is 10.6 Å². The Morgan fingerprint density at radius 2 is 1.84 bits per heavy atom. The molecule has 0 aromatic heterocycles. The molecule has 174 valence electrons. The summed E-state index contributed by atoms with van der Waals surface area (Å²) in [7, 11) is 0. The second-order valence-electron chi connectivity index (χ2n) is 8.09. The number of carbonyl (C=O) groups is 5. The number of amides is 2. The maximum Gasteiger partial charge on any atom is 0.303 e. The number of carbonyl (C=O) groups excluding carboxylic acids is 5. The Hall–Kier alpha value is -3.03. The molecule has 0 bridgehead atoms. The van der Waals surface area contributed by atoms with Crippen molar-refractivity contribution in [2.24, 2.45) is 0 Å². The van der Waals surface area contributed by atoms with Crippen molar-refractivity contribution < 1.29 is 28.7 Å². The van der Waals surface area contributed by atoms with Gasteiger partial charge in [0.25, 0.3) is 11.8 Å². The number of hydrogen-bond donors (Lipinski definition) is 2. The molecule has 0 aliphatic heterocycles. The van der Waals surface area contributed by atoms with Crippen molar-refractivity contribution >= 4 is 29.4 Å². The van der Waals surface area contributed by atoms with Crippen molar-refractivity contribution in [3.63, 3.8) is 0 Å². The van der Waals surface area contributed by atoms with Gasteiger partial charge in [-0.05, 0) is 24.8 Å². The first kappa shape index (κ1) is 25.2. The molecular formula is C24H32N2O6. The van der Waals surface area contributed by atoms with Crippen LogP contribution in [0.2, 0.25) is 0 Å². The van der Waals surface area contributed by atoms with E-state index in [0.717, 1.165) is 24.8 Å². The number of hydrogen-bond acceptors (Lipinski definition) is 6. The van der Waals surface area contributed by atoms with E-state index in [9.17, 15) is 24.0 Å². The van der Waals surface area contributed by atoms with Crippen LogP contribution >= 0.6 is 0 Å². The van der Waals surface area contributed by atoms with E-state index in [0.29, 0.717) is 19.3 Å². The Bertz CT molecular complexity index is 823. The molecule has 0 unspecified atom stereocenters. The minimum Gasteiger partial charge on any atom is -0.452 e. The van der Waals surface area contributed by atoms with Crippen LogP contribution in [-0.4, -0.2) is 47.5 Å². The van der Waals surface area contributed by atoms with Crippen molar-refractivity contribution in [2.45, 2.75) is 83.4 Å². The Balaban J connectivity index is 2.08. The van der Waals surface area contributed by atoms with E-state index in [4.69, 9.17) is 4.74 Å². The van der Waals surface area contributed by atoms with Crippen molar-refractivity contribution in [3.05, 3.63) is 35.9 Å². The molecule has 32 heavy (non-hydrogen) atoms. The van der Waals surface area contributed by atoms with E-state index in [1.54, 1.807) is 12.1 Å². The van der Waals surface area contributed by atoms with Crippen LogP contribution < -0.4 is 10.6 Å². The number of esters is 1. The van der Waals surface area contributed by atoms with Gasteiger partial charge in [0.05, 0.1) is 12.1 Å². The predicted octanol–water partition coefficient (Wildman–Crippen LogP) is 2.03. The lowest BCUT2D eigenvalue weighted by molar-refractivity contribution is -0.154. The first-order valence-corrected chi connectivity index (χ1v) is 11.2. The van der Waals surface area contributed by atoms with E-state index < -0.39 is 41.8 Å². The Morgan fingerprint density at radius 1 is 1.12 bits per heavy atom. The summed E-state index contributed by atoms with van der Waals surface area (Å²) in [6.07, 6.45) is 3.15. The lowest BCUT2D eigenvalue weighted by Gasteiger charge is -2.24. The zero-order chi connectivity index (χ0) is 23.5. The number of nitrogens with one attached hydrogen (secondary N) is 2. The monoisotopic (exact) mass is 444 g/mol. The van der Waals surface area contributed by atoms with Gasteiger partial charge in [-0.1, -0.05) is 56.5 Å². The van der Waals surface area contributed by atoms with Gasteiger partial charge in [0.2, 0.25) is 5.78 Å². The largest absolute Gasteiger partial charge is 0.452 e. The number of ether oxygens (including phenoxy) is 1. The molecule has 3 atom stereocenters. The SMILES string of the molecule is CCCC[C@H](NC(=O)[C@H](Cc1ccccc1)OC(C)=O)C(=O)C(=O)N[C@H]1CCCCC1=O. The number of Topliss-reactive ketones (excluding diaryl/α,β-unsaturated/α-hetero) is 2. The number of rotatable bonds is 11. The van der Waals surface area contributed by atoms with Gasteiger partial charge in [0.15, 0.2) is 11.9 Å². The maximum atomic E-state index is 12.9. The molecule has 8 nitrogen and oxygen atoms in total. The summed E-state index contributed by atoms with van der Waals surface area (Å²) in [5.74, 6) is -3.01. The summed E-state index contributed by atoms with van der Waals surface area (Å²) >= 11 is 0. The first-order valence-electron chi connectivity index (χ1n) is 11.2. The van der Waals surface area contributed by atoms with Gasteiger partial charge in [0, 0.05) is 19.8 Å². The smallest absolute Gasteiger partial charge is 0.303 e. The minimum absolute atomic E-state index is 0.0793. The summed E-state index contributed by atoms with van der Waals surface area (Å²) in [6.45, 7) is 3.14. The predicted molar refractivity (Wildman–Crippen MR) is 118 cm³/mol. The van der Waals surface area contributed by atoms with Crippen LogP contribution in [-0.2, 0) is 35.1 Å². The molecule has 1 aromatic carbocycles. The fraction of sp³-hybridized carbons (Fsp3) is 0.542. The molecule has 0 saturated heterocycles. The molecule has 2 N–H and O–H groups in total. The van der Waals surface area contributed by atoms with Crippen LogP contribution in [0.3, 0.4) is 0 Å². The third kappa shape index (κ3) is 7.90. The first-order chi connectivity index (χ1) is 15.3. The van der Waals surface area contributed by atoms with Crippen LogP contribution in [0.4, 0.5) is 0 Å². The number of benzene rings is 1. The maximum absolute atomic E-state index is 12.9. The Labute approximate surface area is 188 Å². The van der Waals surface area contributed by atoms with Crippen molar-refractivity contribution in [1.29, 1.82) is 0 Å². The zero-order valence-corrected chi connectivity index (χ0v) is 18.7. The third-order valence-corrected chi connectivity index (χ3v) is 5.43. The molecular weight excluding hydrogens is 412 g/mol. The lowest BCUT2D eigenvalue weighted by atomic mass is 9.93. The van der Waals surface area contributed by atoms with E-state index in [1.807, 2.05) is 25.1 Å². The van der Waals surface area contributed by atoms with Gasteiger partial charge in [0.1, 0.15) is 0 Å². The molecule has 1 saturated carbocycles. The molecule has 1 aliphatic carbocycles. The van der Waals surface area contributed by atoms with Gasteiger partial charge in [-0.3, -0.25) is 24.0 Å². The number of unbranched alkanes of at least 4 members (excludes halogenated alkanes) is 1. The van der Waals surface area contributed by atoms with Gasteiger partial charge < -0.3 is 15.4 Å². The summed E-state index contributed by atoms with van der Waals surface area (Å²) in [5, 5.41) is 5.12. The Kier molecular flexibility index (Phi) is 10.0. The summed E-state index contributed by atoms with van der Waals surface area (Å²) < 4.78 is 5.19. The second kappa shape index (κ2) is 12.7. The van der Waals surface area contributed by atoms with Crippen LogP contribution in [0, 0.1) is 0 Å². The van der Waals surface area contributed by atoms with E-state index >= 15 is 0 Å². The molecule has 8 heteroatoms. The van der Waals surface area contributed by atoms with Gasteiger partial charge in [-0.15, -0.1) is 0 Å². The third-order valence-electron chi connectivity index (χ3n) is 5.43. The molecule has 0 spiro atoms. The van der Waals surface area contributed by atoms with Crippen LogP contribution in [0.5, 0.6) is 0 Å². The highest BCUT2D eigenvalue weighted by Gasteiger charge is 2.33. The summed E-state index contributed by atoms with van der Waals surface area (Å²) in [6, 6.07) is 7.34. The standard InChI is InChI=1S/C24H32N2O6/c1-3-4-12-19(22(29)24(31)25-18-13-8-9-14-20(18)28)26-23(30)21(32-16(2)27)15-17-10-6-5-7-11-17/h5-7,10-11,18-19,21H,3-4,8-9,12-15H2,1-2H3,(H,25,31)(H,26,30)/t18-,19-,21-/m0/s1. The van der Waals surface area contributed by atoms with Crippen LogP contribution in [0.25, 0.3) is 0 Å².